The third-order valence-electron chi connectivity index (χ3n) is 6.36. The highest BCUT2D eigenvalue weighted by Gasteiger charge is 2.40. The van der Waals surface area contributed by atoms with Crippen molar-refractivity contribution in [2.24, 2.45) is 11.5 Å². The lowest BCUT2D eigenvalue weighted by Crippen LogP contribution is -2.59. The predicted octanol–water partition coefficient (Wildman–Crippen LogP) is -1.66. The van der Waals surface area contributed by atoms with Crippen LogP contribution in [0.1, 0.15) is 31.7 Å². The molecule has 0 saturated carbocycles. The molecule has 5 atom stereocenters. The second-order valence-corrected chi connectivity index (χ2v) is 9.16. The number of likely N-dealkylation sites (tertiary alicyclic amines) is 1. The first kappa shape index (κ1) is 27.6. The molecule has 0 spiro atoms. The number of nitrogens with two attached hydrogens (primary N) is 2. The second kappa shape index (κ2) is 11.8. The third-order valence-corrected chi connectivity index (χ3v) is 6.36. The molecule has 200 valence electrons. The Kier molecular flexibility index (Phi) is 8.84. The molecule has 0 aliphatic carbocycles. The number of carbonyl (C=O) groups is 5. The van der Waals surface area contributed by atoms with Crippen LogP contribution in [0.15, 0.2) is 30.5 Å². The van der Waals surface area contributed by atoms with E-state index in [0.29, 0.717) is 6.42 Å². The molecular formula is C24H32N6O7. The minimum atomic E-state index is -1.54. The number of para-hydroxylation sites is 1. The average Bonchev–Trinajstić information content (AvgIpc) is 3.48. The van der Waals surface area contributed by atoms with E-state index < -0.39 is 66.3 Å². The van der Waals surface area contributed by atoms with Gasteiger partial charge >= 0.3 is 5.97 Å². The molecule has 9 N–H and O–H groups in total. The van der Waals surface area contributed by atoms with Gasteiger partial charge < -0.3 is 42.2 Å². The van der Waals surface area contributed by atoms with Crippen LogP contribution in [0.4, 0.5) is 0 Å². The molecule has 5 unspecified atom stereocenters. The molecule has 37 heavy (non-hydrogen) atoms. The van der Waals surface area contributed by atoms with Gasteiger partial charge in [0.1, 0.15) is 18.1 Å². The Morgan fingerprint density at radius 2 is 1.89 bits per heavy atom. The van der Waals surface area contributed by atoms with Crippen molar-refractivity contribution in [3.63, 3.8) is 0 Å². The summed E-state index contributed by atoms with van der Waals surface area (Å²) in [7, 11) is 0. The molecule has 1 aliphatic rings. The summed E-state index contributed by atoms with van der Waals surface area (Å²) in [5, 5.41) is 25.2. The average molecular weight is 517 g/mol. The quantitative estimate of drug-likeness (QED) is 0.183. The number of aromatic amines is 1. The van der Waals surface area contributed by atoms with E-state index in [0.717, 1.165) is 16.5 Å². The van der Waals surface area contributed by atoms with E-state index in [-0.39, 0.29) is 19.4 Å². The fourth-order valence-corrected chi connectivity index (χ4v) is 4.43. The van der Waals surface area contributed by atoms with E-state index in [1.807, 2.05) is 24.3 Å². The van der Waals surface area contributed by atoms with E-state index in [1.54, 1.807) is 6.20 Å². The van der Waals surface area contributed by atoms with Crippen molar-refractivity contribution in [2.75, 3.05) is 6.54 Å². The topological polar surface area (TPSA) is 221 Å². The summed E-state index contributed by atoms with van der Waals surface area (Å²) >= 11 is 0. The van der Waals surface area contributed by atoms with Gasteiger partial charge in [-0.3, -0.25) is 19.2 Å². The summed E-state index contributed by atoms with van der Waals surface area (Å²) in [6.45, 7) is 1.48. The Hall–Kier alpha value is -3.97. The zero-order valence-corrected chi connectivity index (χ0v) is 20.3. The zero-order chi connectivity index (χ0) is 27.3. The number of aromatic nitrogens is 1. The number of H-pyrrole nitrogens is 1. The SMILES string of the molecule is CC(O)C(NC(=O)C(N)Cc1c[nH]c2ccccc12)C(=O)N1CCCC1C(=O)NC(CC(N)=O)C(=O)O. The third kappa shape index (κ3) is 6.62. The number of hydrogen-bond donors (Lipinski definition) is 7. The first-order valence-electron chi connectivity index (χ1n) is 11.9. The van der Waals surface area contributed by atoms with Crippen LogP contribution in [0.3, 0.4) is 0 Å². The molecule has 0 radical (unpaired) electrons. The molecule has 1 aromatic carbocycles. The number of rotatable bonds is 11. The Balaban J connectivity index is 1.68. The highest BCUT2D eigenvalue weighted by molar-refractivity contribution is 5.95. The monoisotopic (exact) mass is 516 g/mol. The van der Waals surface area contributed by atoms with Crippen LogP contribution in [0.5, 0.6) is 0 Å². The normalized spacial score (nSPS) is 18.6. The number of benzene rings is 1. The highest BCUT2D eigenvalue weighted by atomic mass is 16.4. The number of carboxylic acid groups (broad SMARTS) is 1. The fourth-order valence-electron chi connectivity index (χ4n) is 4.43. The number of nitrogens with one attached hydrogen (secondary N) is 3. The summed E-state index contributed by atoms with van der Waals surface area (Å²) < 4.78 is 0. The maximum atomic E-state index is 13.3. The molecule has 2 aromatic rings. The van der Waals surface area contributed by atoms with Gasteiger partial charge in [-0.05, 0) is 37.8 Å². The van der Waals surface area contributed by atoms with Crippen molar-refractivity contribution in [1.82, 2.24) is 20.5 Å². The number of aliphatic carboxylic acids is 1. The Labute approximate surface area is 212 Å². The predicted molar refractivity (Wildman–Crippen MR) is 132 cm³/mol. The molecule has 2 heterocycles. The van der Waals surface area contributed by atoms with E-state index >= 15 is 0 Å². The van der Waals surface area contributed by atoms with Crippen LogP contribution in [0, 0.1) is 0 Å². The van der Waals surface area contributed by atoms with Crippen molar-refractivity contribution in [1.29, 1.82) is 0 Å². The number of amides is 4. The van der Waals surface area contributed by atoms with Gasteiger partial charge in [-0.1, -0.05) is 18.2 Å². The molecule has 1 aromatic heterocycles. The van der Waals surface area contributed by atoms with E-state index in [2.05, 4.69) is 15.6 Å². The van der Waals surface area contributed by atoms with Gasteiger partial charge in [-0.15, -0.1) is 0 Å². The molecule has 1 aliphatic heterocycles. The van der Waals surface area contributed by atoms with Crippen LogP contribution in [0.2, 0.25) is 0 Å². The largest absolute Gasteiger partial charge is 0.480 e. The van der Waals surface area contributed by atoms with Crippen molar-refractivity contribution < 1.29 is 34.2 Å². The molecule has 1 saturated heterocycles. The molecule has 13 nitrogen and oxygen atoms in total. The van der Waals surface area contributed by atoms with Gasteiger partial charge in [0, 0.05) is 23.6 Å². The smallest absolute Gasteiger partial charge is 0.326 e. The minimum absolute atomic E-state index is 0.158. The van der Waals surface area contributed by atoms with Crippen molar-refractivity contribution in [3.8, 4) is 0 Å². The number of primary amides is 1. The lowest BCUT2D eigenvalue weighted by atomic mass is 10.0. The number of fused-ring (bicyclic) bond motifs is 1. The lowest BCUT2D eigenvalue weighted by molar-refractivity contribution is -0.146. The van der Waals surface area contributed by atoms with Crippen molar-refractivity contribution in [2.45, 2.75) is 62.9 Å². The number of aliphatic hydroxyl groups is 1. The molecule has 3 rings (SSSR count). The Morgan fingerprint density at radius 3 is 2.54 bits per heavy atom. The first-order chi connectivity index (χ1) is 17.5. The number of carboxylic acids is 1. The molecule has 13 heteroatoms. The summed E-state index contributed by atoms with van der Waals surface area (Å²) in [6.07, 6.45) is 0.705. The number of aliphatic hydroxyl groups excluding tert-OH is 1. The van der Waals surface area contributed by atoms with E-state index in [9.17, 15) is 34.2 Å². The summed E-state index contributed by atoms with van der Waals surface area (Å²) in [5.74, 6) is -4.49. The van der Waals surface area contributed by atoms with Gasteiger partial charge in [0.25, 0.3) is 0 Å². The lowest BCUT2D eigenvalue weighted by Gasteiger charge is -2.31. The first-order valence-corrected chi connectivity index (χ1v) is 11.9. The minimum Gasteiger partial charge on any atom is -0.480 e. The van der Waals surface area contributed by atoms with E-state index in [1.165, 1.54) is 11.8 Å². The standard InChI is InChI=1S/C24H32N6O7/c1-12(31)20(29-21(33)15(25)9-13-11-27-16-6-3-2-5-14(13)16)23(35)30-8-4-7-18(30)22(34)28-17(24(36)37)10-19(26)32/h2-3,5-6,11-12,15,17-18,20,27,31H,4,7-10,25H2,1H3,(H2,26,32)(H,28,34)(H,29,33)(H,36,37). The van der Waals surface area contributed by atoms with Crippen LogP contribution in [-0.2, 0) is 30.4 Å². The molecular weight excluding hydrogens is 484 g/mol. The maximum absolute atomic E-state index is 13.3. The Bertz CT molecular complexity index is 1180. The van der Waals surface area contributed by atoms with Crippen molar-refractivity contribution in [3.05, 3.63) is 36.0 Å². The number of carbonyl (C=O) groups excluding carboxylic acids is 4. The van der Waals surface area contributed by atoms with Gasteiger partial charge in [0.05, 0.1) is 18.6 Å². The van der Waals surface area contributed by atoms with Crippen LogP contribution in [-0.4, -0.2) is 86.5 Å². The zero-order valence-electron chi connectivity index (χ0n) is 20.3. The molecule has 0 bridgehead atoms. The molecule has 4 amide bonds. The fraction of sp³-hybridized carbons (Fsp3) is 0.458. The maximum Gasteiger partial charge on any atom is 0.326 e. The van der Waals surface area contributed by atoms with Crippen LogP contribution < -0.4 is 22.1 Å². The molecule has 1 fully saturated rings. The van der Waals surface area contributed by atoms with Crippen molar-refractivity contribution >= 4 is 40.5 Å². The number of hydrogen-bond acceptors (Lipinski definition) is 7. The van der Waals surface area contributed by atoms with Gasteiger partial charge in [0.15, 0.2) is 0 Å². The van der Waals surface area contributed by atoms with E-state index in [4.69, 9.17) is 11.5 Å². The second-order valence-electron chi connectivity index (χ2n) is 9.16. The van der Waals surface area contributed by atoms with Crippen LogP contribution in [0.25, 0.3) is 10.9 Å². The van der Waals surface area contributed by atoms with Gasteiger partial charge in [-0.25, -0.2) is 4.79 Å². The van der Waals surface area contributed by atoms with Gasteiger partial charge in [-0.2, -0.15) is 0 Å². The van der Waals surface area contributed by atoms with Crippen LogP contribution >= 0.6 is 0 Å². The summed E-state index contributed by atoms with van der Waals surface area (Å²) in [6, 6.07) is 2.54. The Morgan fingerprint density at radius 1 is 1.19 bits per heavy atom. The highest BCUT2D eigenvalue weighted by Crippen LogP contribution is 2.21. The van der Waals surface area contributed by atoms with Gasteiger partial charge in [0.2, 0.25) is 23.6 Å². The summed E-state index contributed by atoms with van der Waals surface area (Å²) in [5.41, 5.74) is 12.9. The number of nitrogens with zero attached hydrogens (tertiary/aromatic N) is 1. The summed E-state index contributed by atoms with van der Waals surface area (Å²) in [4.78, 5) is 65.7.